The van der Waals surface area contributed by atoms with Crippen LogP contribution in [0.4, 0.5) is 5.69 Å². The van der Waals surface area contributed by atoms with Crippen molar-refractivity contribution in [3.8, 4) is 0 Å². The normalized spacial score (nSPS) is 14.4. The van der Waals surface area contributed by atoms with Gasteiger partial charge in [-0.05, 0) is 24.3 Å². The molecule has 5 heteroatoms. The van der Waals surface area contributed by atoms with Crippen molar-refractivity contribution in [1.29, 1.82) is 0 Å². The van der Waals surface area contributed by atoms with Crippen LogP contribution in [-0.4, -0.2) is 29.2 Å². The molecule has 0 saturated heterocycles. The molecule has 1 aromatic heterocycles. The van der Waals surface area contributed by atoms with Crippen LogP contribution < -0.4 is 4.90 Å². The molecule has 2 aromatic rings. The Hall–Kier alpha value is -2.40. The van der Waals surface area contributed by atoms with Crippen LogP contribution in [0.3, 0.4) is 0 Å². The van der Waals surface area contributed by atoms with Gasteiger partial charge in [-0.1, -0.05) is 12.1 Å². The number of rotatable bonds is 3. The van der Waals surface area contributed by atoms with Crippen molar-refractivity contribution in [1.82, 2.24) is 4.98 Å². The van der Waals surface area contributed by atoms with Gasteiger partial charge in [-0.25, -0.2) is 4.79 Å². The molecule has 5 nitrogen and oxygen atoms in total. The molecule has 0 unspecified atom stereocenters. The van der Waals surface area contributed by atoms with Gasteiger partial charge in [0.05, 0.1) is 31.0 Å². The molecule has 1 aliphatic rings. The van der Waals surface area contributed by atoms with Gasteiger partial charge >= 0.3 is 5.97 Å². The molecular weight excluding hydrogens is 268 g/mol. The predicted octanol–water partition coefficient (Wildman–Crippen LogP) is 2.32. The molecule has 1 aliphatic heterocycles. The quantitative estimate of drug-likeness (QED) is 0.937. The van der Waals surface area contributed by atoms with Crippen molar-refractivity contribution in [3.05, 3.63) is 59.4 Å². The number of anilines is 1. The Morgan fingerprint density at radius 2 is 2.24 bits per heavy atom. The Labute approximate surface area is 122 Å². The Balaban J connectivity index is 1.95. The number of pyridine rings is 1. The van der Waals surface area contributed by atoms with Crippen molar-refractivity contribution in [2.75, 3.05) is 18.1 Å². The van der Waals surface area contributed by atoms with Gasteiger partial charge in [-0.3, -0.25) is 4.98 Å². The van der Waals surface area contributed by atoms with Crippen molar-refractivity contribution in [3.63, 3.8) is 0 Å². The minimum Gasteiger partial charge on any atom is -0.478 e. The summed E-state index contributed by atoms with van der Waals surface area (Å²) in [5.74, 6) is -0.916. The number of aromatic carboxylic acids is 1. The van der Waals surface area contributed by atoms with Gasteiger partial charge < -0.3 is 14.7 Å². The maximum atomic E-state index is 11.2. The minimum absolute atomic E-state index is 0.293. The summed E-state index contributed by atoms with van der Waals surface area (Å²) in [5, 5.41) is 9.17. The standard InChI is InChI=1S/C16H16N2O3/c19-16(20)12-4-5-13-11-21-8-7-18(15(13)9-12)10-14-3-1-2-6-17-14/h1-6,9H,7-8,10-11H2,(H,19,20). The van der Waals surface area contributed by atoms with Gasteiger partial charge in [0.25, 0.3) is 0 Å². The molecule has 3 rings (SSSR count). The lowest BCUT2D eigenvalue weighted by atomic mass is 10.1. The number of carboxylic acid groups (broad SMARTS) is 1. The molecule has 0 spiro atoms. The molecular formula is C16H16N2O3. The minimum atomic E-state index is -0.916. The Morgan fingerprint density at radius 1 is 1.33 bits per heavy atom. The topological polar surface area (TPSA) is 62.7 Å². The lowest BCUT2D eigenvalue weighted by molar-refractivity contribution is 0.0697. The summed E-state index contributed by atoms with van der Waals surface area (Å²) >= 11 is 0. The van der Waals surface area contributed by atoms with Gasteiger partial charge in [0.2, 0.25) is 0 Å². The number of carboxylic acids is 1. The molecule has 2 heterocycles. The first-order valence-corrected chi connectivity index (χ1v) is 6.83. The van der Waals surface area contributed by atoms with E-state index < -0.39 is 5.97 Å². The fourth-order valence-electron chi connectivity index (χ4n) is 2.44. The first kappa shape index (κ1) is 13.6. The van der Waals surface area contributed by atoms with Crippen LogP contribution in [-0.2, 0) is 17.9 Å². The zero-order chi connectivity index (χ0) is 14.7. The van der Waals surface area contributed by atoms with Crippen molar-refractivity contribution < 1.29 is 14.6 Å². The largest absolute Gasteiger partial charge is 0.478 e. The number of carbonyl (C=O) groups is 1. The highest BCUT2D eigenvalue weighted by molar-refractivity contribution is 5.89. The smallest absolute Gasteiger partial charge is 0.335 e. The first-order valence-electron chi connectivity index (χ1n) is 6.83. The second kappa shape index (κ2) is 5.93. The van der Waals surface area contributed by atoms with Gasteiger partial charge in [0.1, 0.15) is 0 Å². The van der Waals surface area contributed by atoms with Crippen LogP contribution in [0.1, 0.15) is 21.6 Å². The average molecular weight is 284 g/mol. The molecule has 0 amide bonds. The number of ether oxygens (including phenoxy) is 1. The summed E-state index contributed by atoms with van der Waals surface area (Å²) in [4.78, 5) is 17.6. The van der Waals surface area contributed by atoms with Crippen LogP contribution in [0.2, 0.25) is 0 Å². The van der Waals surface area contributed by atoms with Crippen LogP contribution in [0.15, 0.2) is 42.6 Å². The third kappa shape index (κ3) is 3.03. The number of aromatic nitrogens is 1. The average Bonchev–Trinajstić information content (AvgIpc) is 2.70. The zero-order valence-electron chi connectivity index (χ0n) is 11.5. The Morgan fingerprint density at radius 3 is 3.00 bits per heavy atom. The molecule has 21 heavy (non-hydrogen) atoms. The van der Waals surface area contributed by atoms with E-state index in [0.717, 1.165) is 16.9 Å². The molecule has 0 fully saturated rings. The predicted molar refractivity (Wildman–Crippen MR) is 78.3 cm³/mol. The summed E-state index contributed by atoms with van der Waals surface area (Å²) in [6.45, 7) is 2.48. The van der Waals surface area contributed by atoms with Crippen LogP contribution in [0, 0.1) is 0 Å². The molecule has 0 saturated carbocycles. The van der Waals surface area contributed by atoms with E-state index in [1.807, 2.05) is 24.3 Å². The summed E-state index contributed by atoms with van der Waals surface area (Å²) in [6, 6.07) is 11.0. The zero-order valence-corrected chi connectivity index (χ0v) is 11.5. The summed E-state index contributed by atoms with van der Waals surface area (Å²) < 4.78 is 5.58. The van der Waals surface area contributed by atoms with E-state index in [0.29, 0.717) is 31.9 Å². The van der Waals surface area contributed by atoms with E-state index in [9.17, 15) is 9.90 Å². The summed E-state index contributed by atoms with van der Waals surface area (Å²) in [6.07, 6.45) is 1.76. The van der Waals surface area contributed by atoms with Crippen molar-refractivity contribution >= 4 is 11.7 Å². The second-order valence-corrected chi connectivity index (χ2v) is 4.94. The van der Waals surface area contributed by atoms with E-state index >= 15 is 0 Å². The molecule has 108 valence electrons. The number of hydrogen-bond donors (Lipinski definition) is 1. The molecule has 0 radical (unpaired) electrons. The van der Waals surface area contributed by atoms with Crippen LogP contribution in [0.5, 0.6) is 0 Å². The summed E-state index contributed by atoms with van der Waals surface area (Å²) in [5.41, 5.74) is 3.17. The van der Waals surface area contributed by atoms with Gasteiger partial charge in [-0.2, -0.15) is 0 Å². The van der Waals surface area contributed by atoms with E-state index in [1.165, 1.54) is 0 Å². The third-order valence-corrected chi connectivity index (χ3v) is 3.52. The lowest BCUT2D eigenvalue weighted by Crippen LogP contribution is -2.26. The van der Waals surface area contributed by atoms with E-state index in [2.05, 4.69) is 9.88 Å². The van der Waals surface area contributed by atoms with Crippen LogP contribution in [0.25, 0.3) is 0 Å². The molecule has 0 aliphatic carbocycles. The van der Waals surface area contributed by atoms with Gasteiger partial charge in [-0.15, -0.1) is 0 Å². The second-order valence-electron chi connectivity index (χ2n) is 4.94. The number of fused-ring (bicyclic) bond motifs is 1. The van der Waals surface area contributed by atoms with Crippen LogP contribution >= 0.6 is 0 Å². The molecule has 1 N–H and O–H groups in total. The van der Waals surface area contributed by atoms with E-state index in [1.54, 1.807) is 18.3 Å². The Kier molecular flexibility index (Phi) is 3.83. The fraction of sp³-hybridized carbons (Fsp3) is 0.250. The number of hydrogen-bond acceptors (Lipinski definition) is 4. The van der Waals surface area contributed by atoms with E-state index in [4.69, 9.17) is 4.74 Å². The summed E-state index contributed by atoms with van der Waals surface area (Å²) in [7, 11) is 0. The van der Waals surface area contributed by atoms with Gasteiger partial charge in [0.15, 0.2) is 0 Å². The number of nitrogens with zero attached hydrogens (tertiary/aromatic N) is 2. The SMILES string of the molecule is O=C(O)c1ccc2c(c1)N(Cc1ccccn1)CCOC2. The van der Waals surface area contributed by atoms with Crippen molar-refractivity contribution in [2.45, 2.75) is 13.2 Å². The van der Waals surface area contributed by atoms with E-state index in [-0.39, 0.29) is 0 Å². The third-order valence-electron chi connectivity index (χ3n) is 3.52. The molecule has 0 atom stereocenters. The maximum Gasteiger partial charge on any atom is 0.335 e. The lowest BCUT2D eigenvalue weighted by Gasteiger charge is -2.24. The molecule has 1 aromatic carbocycles. The Bertz CT molecular complexity index is 643. The molecule has 0 bridgehead atoms. The highest BCUT2D eigenvalue weighted by Gasteiger charge is 2.18. The highest BCUT2D eigenvalue weighted by Crippen LogP contribution is 2.26. The van der Waals surface area contributed by atoms with Gasteiger partial charge in [0, 0.05) is 24.0 Å². The van der Waals surface area contributed by atoms with Crippen molar-refractivity contribution in [2.24, 2.45) is 0 Å². The monoisotopic (exact) mass is 284 g/mol. The first-order chi connectivity index (χ1) is 10.2. The number of benzene rings is 1. The maximum absolute atomic E-state index is 11.2. The highest BCUT2D eigenvalue weighted by atomic mass is 16.5. The fourth-order valence-corrected chi connectivity index (χ4v) is 2.44.